The topological polar surface area (TPSA) is 46.5 Å². The van der Waals surface area contributed by atoms with Gasteiger partial charge in [-0.25, -0.2) is 4.79 Å². The lowest BCUT2D eigenvalue weighted by atomic mass is 9.98. The van der Waals surface area contributed by atoms with E-state index in [1.807, 2.05) is 13.8 Å². The summed E-state index contributed by atoms with van der Waals surface area (Å²) in [7, 11) is 0. The van der Waals surface area contributed by atoms with Crippen molar-refractivity contribution in [1.82, 2.24) is 0 Å². The second-order valence-electron chi connectivity index (χ2n) is 2.74. The van der Waals surface area contributed by atoms with Gasteiger partial charge in [-0.3, -0.25) is 0 Å². The Bertz CT molecular complexity index is 196. The van der Waals surface area contributed by atoms with Crippen molar-refractivity contribution in [3.05, 3.63) is 11.8 Å². The number of carbonyl (C=O) groups excluding carboxylic acids is 1. The zero-order valence-corrected chi connectivity index (χ0v) is 6.70. The Morgan fingerprint density at radius 1 is 1.73 bits per heavy atom. The van der Waals surface area contributed by atoms with E-state index in [9.17, 15) is 9.90 Å². The third-order valence-electron chi connectivity index (χ3n) is 1.96. The first-order valence-corrected chi connectivity index (χ1v) is 3.76. The van der Waals surface area contributed by atoms with E-state index in [0.717, 1.165) is 12.5 Å². The van der Waals surface area contributed by atoms with Crippen molar-refractivity contribution in [2.45, 2.75) is 26.4 Å². The maximum Gasteiger partial charge on any atom is 0.334 e. The first kappa shape index (κ1) is 8.11. The molecule has 0 aliphatic carbocycles. The zero-order valence-electron chi connectivity index (χ0n) is 6.70. The van der Waals surface area contributed by atoms with Crippen LogP contribution in [0.5, 0.6) is 0 Å². The molecule has 11 heavy (non-hydrogen) atoms. The molecule has 0 aromatic heterocycles. The number of esters is 1. The van der Waals surface area contributed by atoms with Crippen LogP contribution >= 0.6 is 0 Å². The maximum absolute atomic E-state index is 10.7. The minimum Gasteiger partial charge on any atom is -0.512 e. The first-order chi connectivity index (χ1) is 5.15. The van der Waals surface area contributed by atoms with Gasteiger partial charge in [-0.2, -0.15) is 0 Å². The third kappa shape index (κ3) is 1.53. The van der Waals surface area contributed by atoms with Gasteiger partial charge in [0.2, 0.25) is 0 Å². The van der Waals surface area contributed by atoms with Crippen LogP contribution in [0.25, 0.3) is 0 Å². The van der Waals surface area contributed by atoms with E-state index in [2.05, 4.69) is 0 Å². The number of aliphatic hydroxyl groups excluding tert-OH is 1. The third-order valence-corrected chi connectivity index (χ3v) is 1.96. The van der Waals surface area contributed by atoms with Gasteiger partial charge in [-0.15, -0.1) is 0 Å². The van der Waals surface area contributed by atoms with E-state index in [0.29, 0.717) is 0 Å². The summed E-state index contributed by atoms with van der Waals surface area (Å²) in [5.41, 5.74) is 0. The van der Waals surface area contributed by atoms with E-state index in [1.54, 1.807) is 0 Å². The van der Waals surface area contributed by atoms with E-state index in [-0.39, 0.29) is 17.8 Å². The second-order valence-corrected chi connectivity index (χ2v) is 2.74. The SMILES string of the molecule is CCC1OC(=O)C=C(O)C1C. The maximum atomic E-state index is 10.7. The highest BCUT2D eigenvalue weighted by Gasteiger charge is 2.27. The van der Waals surface area contributed by atoms with E-state index in [4.69, 9.17) is 4.74 Å². The minimum atomic E-state index is -0.438. The summed E-state index contributed by atoms with van der Waals surface area (Å²) in [5, 5.41) is 9.21. The van der Waals surface area contributed by atoms with Gasteiger partial charge in [-0.1, -0.05) is 13.8 Å². The van der Waals surface area contributed by atoms with Gasteiger partial charge in [0.15, 0.2) is 0 Å². The molecule has 1 N–H and O–H groups in total. The van der Waals surface area contributed by atoms with Gasteiger partial charge < -0.3 is 9.84 Å². The Morgan fingerprint density at radius 2 is 2.36 bits per heavy atom. The number of cyclic esters (lactones) is 1. The van der Waals surface area contributed by atoms with Crippen molar-refractivity contribution in [2.75, 3.05) is 0 Å². The fraction of sp³-hybridized carbons (Fsp3) is 0.625. The predicted octanol–water partition coefficient (Wildman–Crippen LogP) is 1.40. The highest BCUT2D eigenvalue weighted by atomic mass is 16.5. The molecule has 0 amide bonds. The summed E-state index contributed by atoms with van der Waals surface area (Å²) < 4.78 is 4.94. The van der Waals surface area contributed by atoms with Gasteiger partial charge in [0, 0.05) is 0 Å². The molecule has 0 saturated carbocycles. The smallest absolute Gasteiger partial charge is 0.334 e. The van der Waals surface area contributed by atoms with Crippen LogP contribution in [0.3, 0.4) is 0 Å². The second kappa shape index (κ2) is 2.95. The fourth-order valence-electron chi connectivity index (χ4n) is 1.16. The van der Waals surface area contributed by atoms with Crippen LogP contribution in [0, 0.1) is 5.92 Å². The van der Waals surface area contributed by atoms with Crippen LogP contribution in [-0.2, 0) is 9.53 Å². The van der Waals surface area contributed by atoms with Gasteiger partial charge in [0.25, 0.3) is 0 Å². The lowest BCUT2D eigenvalue weighted by Gasteiger charge is -2.25. The molecule has 1 aliphatic heterocycles. The van der Waals surface area contributed by atoms with Gasteiger partial charge in [0.05, 0.1) is 12.0 Å². The molecule has 0 aromatic carbocycles. The number of ether oxygens (including phenoxy) is 1. The van der Waals surface area contributed by atoms with E-state index >= 15 is 0 Å². The summed E-state index contributed by atoms with van der Waals surface area (Å²) >= 11 is 0. The zero-order chi connectivity index (χ0) is 8.43. The quantitative estimate of drug-likeness (QED) is 0.584. The standard InChI is InChI=1S/C8H12O3/c1-3-7-5(2)6(9)4-8(10)11-7/h4-5,7,9H,3H2,1-2H3. The van der Waals surface area contributed by atoms with Crippen LogP contribution in [0.2, 0.25) is 0 Å². The van der Waals surface area contributed by atoms with Crippen LogP contribution in [0.15, 0.2) is 11.8 Å². The first-order valence-electron chi connectivity index (χ1n) is 3.76. The van der Waals surface area contributed by atoms with Crippen molar-refractivity contribution in [3.8, 4) is 0 Å². The summed E-state index contributed by atoms with van der Waals surface area (Å²) in [4.78, 5) is 10.7. The van der Waals surface area contributed by atoms with Gasteiger partial charge in [-0.05, 0) is 6.42 Å². The summed E-state index contributed by atoms with van der Waals surface area (Å²) in [6.07, 6.45) is 1.72. The number of carbonyl (C=O) groups is 1. The van der Waals surface area contributed by atoms with Gasteiger partial charge in [0.1, 0.15) is 11.9 Å². The normalized spacial score (nSPS) is 31.1. The summed E-state index contributed by atoms with van der Waals surface area (Å²) in [5.74, 6) is -0.363. The highest BCUT2D eigenvalue weighted by molar-refractivity contribution is 5.83. The Labute approximate surface area is 65.7 Å². The minimum absolute atomic E-state index is 0.0577. The molecule has 0 saturated heterocycles. The molecule has 0 fully saturated rings. The molecule has 3 nitrogen and oxygen atoms in total. The van der Waals surface area contributed by atoms with Crippen LogP contribution in [0.1, 0.15) is 20.3 Å². The fourth-order valence-corrected chi connectivity index (χ4v) is 1.16. The summed E-state index contributed by atoms with van der Waals surface area (Å²) in [6, 6.07) is 0. The molecule has 3 heteroatoms. The molecule has 2 unspecified atom stereocenters. The van der Waals surface area contributed by atoms with E-state index in [1.165, 1.54) is 0 Å². The number of aliphatic hydroxyl groups is 1. The van der Waals surface area contributed by atoms with Crippen LogP contribution < -0.4 is 0 Å². The Balaban J connectivity index is 2.77. The Hall–Kier alpha value is -0.990. The van der Waals surface area contributed by atoms with Crippen molar-refractivity contribution in [3.63, 3.8) is 0 Å². The highest BCUT2D eigenvalue weighted by Crippen LogP contribution is 2.22. The molecule has 0 bridgehead atoms. The average Bonchev–Trinajstić information content (AvgIpc) is 1.96. The monoisotopic (exact) mass is 156 g/mol. The molecule has 62 valence electrons. The van der Waals surface area contributed by atoms with Gasteiger partial charge >= 0.3 is 5.97 Å². The Morgan fingerprint density at radius 3 is 2.91 bits per heavy atom. The molecule has 0 spiro atoms. The average molecular weight is 156 g/mol. The predicted molar refractivity (Wildman–Crippen MR) is 40.0 cm³/mol. The van der Waals surface area contributed by atoms with Crippen LogP contribution in [0.4, 0.5) is 0 Å². The van der Waals surface area contributed by atoms with Crippen molar-refractivity contribution in [2.24, 2.45) is 5.92 Å². The van der Waals surface area contributed by atoms with Crippen molar-refractivity contribution < 1.29 is 14.6 Å². The molecular formula is C8H12O3. The number of hydrogen-bond acceptors (Lipinski definition) is 3. The Kier molecular flexibility index (Phi) is 2.17. The van der Waals surface area contributed by atoms with Crippen molar-refractivity contribution >= 4 is 5.97 Å². The number of rotatable bonds is 1. The largest absolute Gasteiger partial charge is 0.512 e. The molecule has 1 rings (SSSR count). The molecule has 0 radical (unpaired) electrons. The molecule has 2 atom stereocenters. The summed E-state index contributed by atoms with van der Waals surface area (Å²) in [6.45, 7) is 3.76. The lowest BCUT2D eigenvalue weighted by molar-refractivity contribution is -0.148. The molecular weight excluding hydrogens is 144 g/mol. The molecule has 1 aliphatic rings. The van der Waals surface area contributed by atoms with E-state index < -0.39 is 5.97 Å². The molecule has 1 heterocycles. The lowest BCUT2D eigenvalue weighted by Crippen LogP contribution is -2.29. The van der Waals surface area contributed by atoms with Crippen LogP contribution in [-0.4, -0.2) is 17.2 Å². The number of hydrogen-bond donors (Lipinski definition) is 1. The van der Waals surface area contributed by atoms with Crippen molar-refractivity contribution in [1.29, 1.82) is 0 Å². The molecule has 0 aromatic rings.